The summed E-state index contributed by atoms with van der Waals surface area (Å²) >= 11 is 0. The van der Waals surface area contributed by atoms with Crippen molar-refractivity contribution in [1.82, 2.24) is 5.06 Å². The molecule has 0 radical (unpaired) electrons. The topological polar surface area (TPSA) is 93.2 Å². The first-order valence-corrected chi connectivity index (χ1v) is 7.81. The number of cyclic esters (lactones) is 1. The highest BCUT2D eigenvalue weighted by Gasteiger charge is 2.38. The van der Waals surface area contributed by atoms with Crippen LogP contribution in [0.15, 0.2) is 48.5 Å². The molecule has 0 aromatic heterocycles. The lowest BCUT2D eigenvalue weighted by Crippen LogP contribution is -2.32. The smallest absolute Gasteiger partial charge is 0.414 e. The number of imide groups is 1. The number of benzene rings is 2. The molecule has 2 heterocycles. The zero-order valence-electron chi connectivity index (χ0n) is 13.4. The van der Waals surface area contributed by atoms with Crippen LogP contribution in [0.3, 0.4) is 0 Å². The third-order valence-electron chi connectivity index (χ3n) is 4.11. The fraction of sp³-hybridized carbons (Fsp3) is 0.111. The van der Waals surface area contributed by atoms with Crippen molar-refractivity contribution in [3.63, 3.8) is 0 Å². The fourth-order valence-corrected chi connectivity index (χ4v) is 2.79. The molecule has 1 saturated heterocycles. The van der Waals surface area contributed by atoms with Gasteiger partial charge in [-0.05, 0) is 36.4 Å². The summed E-state index contributed by atoms with van der Waals surface area (Å²) in [5.74, 6) is -2.22. The first-order chi connectivity index (χ1) is 12.6. The maximum atomic E-state index is 12.3. The molecule has 130 valence electrons. The molecule has 0 N–H and O–H groups in total. The Morgan fingerprint density at radius 2 is 1.54 bits per heavy atom. The molecule has 8 nitrogen and oxygen atoms in total. The van der Waals surface area contributed by atoms with E-state index in [0.29, 0.717) is 23.9 Å². The highest BCUT2D eigenvalue weighted by Crippen LogP contribution is 2.24. The van der Waals surface area contributed by atoms with Crippen LogP contribution in [-0.2, 0) is 9.57 Å². The van der Waals surface area contributed by atoms with Gasteiger partial charge in [0.2, 0.25) is 0 Å². The van der Waals surface area contributed by atoms with E-state index in [4.69, 9.17) is 9.57 Å². The average Bonchev–Trinajstić information content (AvgIpc) is 3.19. The van der Waals surface area contributed by atoms with Gasteiger partial charge in [0.15, 0.2) is 0 Å². The summed E-state index contributed by atoms with van der Waals surface area (Å²) in [6.07, 6.45) is -0.452. The van der Waals surface area contributed by atoms with Crippen molar-refractivity contribution in [2.75, 3.05) is 18.1 Å². The second-order valence-electron chi connectivity index (χ2n) is 5.64. The zero-order valence-corrected chi connectivity index (χ0v) is 13.4. The van der Waals surface area contributed by atoms with Crippen LogP contribution in [0.5, 0.6) is 0 Å². The minimum Gasteiger partial charge on any atom is -0.447 e. The highest BCUT2D eigenvalue weighted by molar-refractivity contribution is 6.21. The van der Waals surface area contributed by atoms with E-state index in [-0.39, 0.29) is 16.7 Å². The monoisotopic (exact) mass is 352 g/mol. The normalized spacial score (nSPS) is 15.9. The van der Waals surface area contributed by atoms with Crippen LogP contribution in [0.4, 0.5) is 10.5 Å². The summed E-state index contributed by atoms with van der Waals surface area (Å²) in [5.41, 5.74) is 1.09. The van der Waals surface area contributed by atoms with E-state index in [1.807, 2.05) is 0 Å². The molecular weight excluding hydrogens is 340 g/mol. The Bertz CT molecular complexity index is 902. The van der Waals surface area contributed by atoms with E-state index in [1.165, 1.54) is 29.2 Å². The first-order valence-electron chi connectivity index (χ1n) is 7.81. The van der Waals surface area contributed by atoms with E-state index in [9.17, 15) is 19.2 Å². The summed E-state index contributed by atoms with van der Waals surface area (Å²) in [6.45, 7) is 0.736. The largest absolute Gasteiger partial charge is 0.447 e. The third-order valence-corrected chi connectivity index (χ3v) is 4.11. The molecule has 0 spiro atoms. The van der Waals surface area contributed by atoms with Gasteiger partial charge in [0.1, 0.15) is 6.61 Å². The summed E-state index contributed by atoms with van der Waals surface area (Å²) in [5, 5.41) is 0.457. The predicted octanol–water partition coefficient (Wildman–Crippen LogP) is 2.01. The van der Waals surface area contributed by atoms with Crippen molar-refractivity contribution >= 4 is 29.6 Å². The van der Waals surface area contributed by atoms with Crippen LogP contribution in [0.2, 0.25) is 0 Å². The number of carbonyl (C=O) groups excluding carboxylic acids is 4. The van der Waals surface area contributed by atoms with E-state index >= 15 is 0 Å². The van der Waals surface area contributed by atoms with Crippen molar-refractivity contribution in [2.24, 2.45) is 0 Å². The molecule has 8 heteroatoms. The van der Waals surface area contributed by atoms with Crippen LogP contribution in [-0.4, -0.2) is 42.1 Å². The summed E-state index contributed by atoms with van der Waals surface area (Å²) in [4.78, 5) is 54.6. The van der Waals surface area contributed by atoms with Gasteiger partial charge >= 0.3 is 12.1 Å². The highest BCUT2D eigenvalue weighted by atomic mass is 16.7. The Kier molecular flexibility index (Phi) is 3.65. The van der Waals surface area contributed by atoms with Crippen molar-refractivity contribution < 1.29 is 28.8 Å². The van der Waals surface area contributed by atoms with E-state index in [1.54, 1.807) is 24.3 Å². The van der Waals surface area contributed by atoms with Crippen molar-refractivity contribution in [3.05, 3.63) is 65.2 Å². The second-order valence-corrected chi connectivity index (χ2v) is 5.64. The average molecular weight is 352 g/mol. The van der Waals surface area contributed by atoms with Crippen LogP contribution in [0.1, 0.15) is 31.1 Å². The molecule has 0 unspecified atom stereocenters. The van der Waals surface area contributed by atoms with Crippen molar-refractivity contribution in [3.8, 4) is 0 Å². The molecule has 1 fully saturated rings. The van der Waals surface area contributed by atoms with Gasteiger partial charge in [-0.2, -0.15) is 0 Å². The van der Waals surface area contributed by atoms with Gasteiger partial charge in [-0.25, -0.2) is 9.59 Å². The maximum absolute atomic E-state index is 12.3. The Labute approximate surface area is 147 Å². The number of hydrogen-bond donors (Lipinski definition) is 0. The van der Waals surface area contributed by atoms with Crippen molar-refractivity contribution in [2.45, 2.75) is 0 Å². The molecule has 2 aliphatic heterocycles. The SMILES string of the molecule is O=C(ON1C(=O)c2ccccc2C1=O)c1ccc(N2CCOC2=O)cc1. The van der Waals surface area contributed by atoms with Gasteiger partial charge in [-0.3, -0.25) is 14.5 Å². The number of amides is 3. The lowest BCUT2D eigenvalue weighted by molar-refractivity contribution is -0.0584. The summed E-state index contributed by atoms with van der Waals surface area (Å²) in [7, 11) is 0. The van der Waals surface area contributed by atoms with Crippen LogP contribution in [0.25, 0.3) is 0 Å². The molecule has 4 rings (SSSR count). The lowest BCUT2D eigenvalue weighted by Gasteiger charge is -2.14. The zero-order chi connectivity index (χ0) is 18.3. The number of anilines is 1. The number of hydroxylamine groups is 2. The minimum atomic E-state index is -0.852. The predicted molar refractivity (Wildman–Crippen MR) is 87.5 cm³/mol. The van der Waals surface area contributed by atoms with Gasteiger partial charge < -0.3 is 9.57 Å². The van der Waals surface area contributed by atoms with Gasteiger partial charge in [-0.15, -0.1) is 0 Å². The number of nitrogens with zero attached hydrogens (tertiary/aromatic N) is 2. The number of fused-ring (bicyclic) bond motifs is 1. The number of rotatable bonds is 3. The molecule has 26 heavy (non-hydrogen) atoms. The van der Waals surface area contributed by atoms with E-state index in [2.05, 4.69) is 0 Å². The van der Waals surface area contributed by atoms with Gasteiger partial charge in [0.25, 0.3) is 11.8 Å². The Morgan fingerprint density at radius 3 is 2.08 bits per heavy atom. The lowest BCUT2D eigenvalue weighted by atomic mass is 10.1. The van der Waals surface area contributed by atoms with Crippen LogP contribution >= 0.6 is 0 Å². The molecule has 0 atom stereocenters. The molecule has 2 aromatic rings. The van der Waals surface area contributed by atoms with E-state index < -0.39 is 23.9 Å². The Hall–Kier alpha value is -3.68. The summed E-state index contributed by atoms with van der Waals surface area (Å²) in [6, 6.07) is 12.2. The molecule has 0 aliphatic carbocycles. The fourth-order valence-electron chi connectivity index (χ4n) is 2.79. The van der Waals surface area contributed by atoms with Gasteiger partial charge in [-0.1, -0.05) is 17.2 Å². The Balaban J connectivity index is 1.50. The maximum Gasteiger partial charge on any atom is 0.414 e. The standard InChI is InChI=1S/C18H12N2O6/c21-15-13-3-1-2-4-14(13)16(22)20(15)26-17(23)11-5-7-12(8-6-11)19-9-10-25-18(19)24/h1-8H,9-10H2. The molecule has 0 saturated carbocycles. The van der Waals surface area contributed by atoms with Crippen LogP contribution in [0, 0.1) is 0 Å². The molecular formula is C18H12N2O6. The minimum absolute atomic E-state index is 0.137. The first kappa shape index (κ1) is 15.8. The molecule has 2 aliphatic rings. The quantitative estimate of drug-likeness (QED) is 0.785. The number of hydrogen-bond acceptors (Lipinski definition) is 6. The summed E-state index contributed by atoms with van der Waals surface area (Å²) < 4.78 is 4.85. The van der Waals surface area contributed by atoms with Gasteiger partial charge in [0.05, 0.1) is 23.2 Å². The third kappa shape index (κ3) is 2.48. The van der Waals surface area contributed by atoms with Crippen LogP contribution < -0.4 is 4.90 Å². The Morgan fingerprint density at radius 1 is 0.923 bits per heavy atom. The molecule has 3 amide bonds. The van der Waals surface area contributed by atoms with E-state index in [0.717, 1.165) is 0 Å². The molecule has 2 aromatic carbocycles. The van der Waals surface area contributed by atoms with Gasteiger partial charge in [0, 0.05) is 5.69 Å². The molecule has 0 bridgehead atoms. The second kappa shape index (κ2) is 5.99. The van der Waals surface area contributed by atoms with Crippen molar-refractivity contribution in [1.29, 1.82) is 0 Å². The number of carbonyl (C=O) groups is 4. The number of ether oxygens (including phenoxy) is 1.